The second-order valence-corrected chi connectivity index (χ2v) is 5.67. The molecule has 2 aromatic carbocycles. The number of pyridine rings is 1. The van der Waals surface area contributed by atoms with Gasteiger partial charge in [0.05, 0.1) is 0 Å². The number of nitrogens with zero attached hydrogens (tertiary/aromatic N) is 1. The first kappa shape index (κ1) is 17.5. The maximum Gasteiger partial charge on any atom is 0.258 e. The van der Waals surface area contributed by atoms with E-state index in [1.54, 1.807) is 24.5 Å². The third-order valence-corrected chi connectivity index (χ3v) is 3.65. The van der Waals surface area contributed by atoms with Gasteiger partial charge in [-0.05, 0) is 41.5 Å². The monoisotopic (exact) mass is 348 g/mol. The fourth-order valence-electron chi connectivity index (χ4n) is 2.28. The van der Waals surface area contributed by atoms with E-state index in [0.717, 1.165) is 16.9 Å². The van der Waals surface area contributed by atoms with Crippen LogP contribution in [-0.4, -0.2) is 17.5 Å². The molecule has 1 heterocycles. The molecule has 1 amide bonds. The first-order chi connectivity index (χ1) is 12.8. The van der Waals surface area contributed by atoms with Crippen LogP contribution in [0.5, 0.6) is 11.5 Å². The molecule has 0 bridgehead atoms. The Bertz CT molecular complexity index is 806. The largest absolute Gasteiger partial charge is 0.489 e. The van der Waals surface area contributed by atoms with Crippen LogP contribution in [-0.2, 0) is 17.9 Å². The van der Waals surface area contributed by atoms with Crippen molar-refractivity contribution in [2.24, 2.45) is 0 Å². The van der Waals surface area contributed by atoms with Crippen LogP contribution in [0.15, 0.2) is 79.1 Å². The molecule has 0 spiro atoms. The van der Waals surface area contributed by atoms with Crippen LogP contribution in [0.4, 0.5) is 0 Å². The molecule has 0 atom stereocenters. The Morgan fingerprint density at radius 2 is 1.54 bits per heavy atom. The van der Waals surface area contributed by atoms with E-state index in [1.165, 1.54) is 0 Å². The van der Waals surface area contributed by atoms with Gasteiger partial charge in [0.15, 0.2) is 6.61 Å². The SMILES string of the molecule is O=C(COc1ccc(OCc2ccccc2)cc1)NCc1cccnc1. The summed E-state index contributed by atoms with van der Waals surface area (Å²) in [7, 11) is 0. The predicted molar refractivity (Wildman–Crippen MR) is 98.8 cm³/mol. The molecule has 3 aromatic rings. The summed E-state index contributed by atoms with van der Waals surface area (Å²) in [6.07, 6.45) is 3.41. The van der Waals surface area contributed by atoms with E-state index in [2.05, 4.69) is 10.3 Å². The van der Waals surface area contributed by atoms with E-state index in [4.69, 9.17) is 9.47 Å². The molecule has 0 unspecified atom stereocenters. The van der Waals surface area contributed by atoms with Gasteiger partial charge in [-0.1, -0.05) is 36.4 Å². The van der Waals surface area contributed by atoms with Crippen LogP contribution in [0.2, 0.25) is 0 Å². The van der Waals surface area contributed by atoms with Crippen molar-refractivity contribution in [1.82, 2.24) is 10.3 Å². The molecule has 132 valence electrons. The van der Waals surface area contributed by atoms with Crippen molar-refractivity contribution >= 4 is 5.91 Å². The normalized spacial score (nSPS) is 10.2. The van der Waals surface area contributed by atoms with Gasteiger partial charge in [0.2, 0.25) is 0 Å². The van der Waals surface area contributed by atoms with Crippen LogP contribution < -0.4 is 14.8 Å². The average Bonchev–Trinajstić information content (AvgIpc) is 2.71. The number of amides is 1. The Morgan fingerprint density at radius 1 is 0.846 bits per heavy atom. The third kappa shape index (κ3) is 5.63. The van der Waals surface area contributed by atoms with Gasteiger partial charge in [-0.2, -0.15) is 0 Å². The highest BCUT2D eigenvalue weighted by molar-refractivity contribution is 5.77. The van der Waals surface area contributed by atoms with E-state index in [1.807, 2.05) is 54.6 Å². The summed E-state index contributed by atoms with van der Waals surface area (Å²) in [5.41, 5.74) is 2.05. The summed E-state index contributed by atoms with van der Waals surface area (Å²) in [5.74, 6) is 1.19. The molecule has 1 aromatic heterocycles. The Kier molecular flexibility index (Phi) is 6.20. The highest BCUT2D eigenvalue weighted by atomic mass is 16.5. The third-order valence-electron chi connectivity index (χ3n) is 3.65. The molecule has 0 aliphatic carbocycles. The van der Waals surface area contributed by atoms with E-state index in [0.29, 0.717) is 18.9 Å². The first-order valence-electron chi connectivity index (χ1n) is 8.35. The van der Waals surface area contributed by atoms with Gasteiger partial charge < -0.3 is 14.8 Å². The lowest BCUT2D eigenvalue weighted by Gasteiger charge is -2.09. The minimum Gasteiger partial charge on any atom is -0.489 e. The van der Waals surface area contributed by atoms with Crippen molar-refractivity contribution in [3.63, 3.8) is 0 Å². The van der Waals surface area contributed by atoms with Gasteiger partial charge in [0.1, 0.15) is 18.1 Å². The lowest BCUT2D eigenvalue weighted by Crippen LogP contribution is -2.28. The zero-order chi connectivity index (χ0) is 18.0. The maximum absolute atomic E-state index is 11.8. The number of rotatable bonds is 8. The Morgan fingerprint density at radius 3 is 2.23 bits per heavy atom. The van der Waals surface area contributed by atoms with Gasteiger partial charge in [-0.3, -0.25) is 9.78 Å². The Balaban J connectivity index is 1.40. The minimum atomic E-state index is -0.182. The quantitative estimate of drug-likeness (QED) is 0.678. The molecular weight excluding hydrogens is 328 g/mol. The number of ether oxygens (including phenoxy) is 2. The number of aromatic nitrogens is 1. The molecule has 0 radical (unpaired) electrons. The molecule has 0 aliphatic rings. The standard InChI is InChI=1S/C21H20N2O3/c24-21(23-14-18-7-4-12-22-13-18)16-26-20-10-8-19(9-11-20)25-15-17-5-2-1-3-6-17/h1-13H,14-16H2,(H,23,24). The molecule has 0 fully saturated rings. The molecule has 1 N–H and O–H groups in total. The van der Waals surface area contributed by atoms with Gasteiger partial charge in [0.25, 0.3) is 5.91 Å². The van der Waals surface area contributed by atoms with Gasteiger partial charge in [-0.25, -0.2) is 0 Å². The van der Waals surface area contributed by atoms with Gasteiger partial charge in [0, 0.05) is 18.9 Å². The van der Waals surface area contributed by atoms with E-state index in [9.17, 15) is 4.79 Å². The van der Waals surface area contributed by atoms with Crippen LogP contribution in [0.3, 0.4) is 0 Å². The number of hydrogen-bond donors (Lipinski definition) is 1. The van der Waals surface area contributed by atoms with E-state index in [-0.39, 0.29) is 12.5 Å². The molecule has 5 heteroatoms. The highest BCUT2D eigenvalue weighted by Crippen LogP contribution is 2.18. The van der Waals surface area contributed by atoms with E-state index >= 15 is 0 Å². The summed E-state index contributed by atoms with van der Waals surface area (Å²) in [6.45, 7) is 0.907. The number of hydrogen-bond acceptors (Lipinski definition) is 4. The predicted octanol–water partition coefficient (Wildman–Crippen LogP) is 3.36. The van der Waals surface area contributed by atoms with Crippen LogP contribution in [0, 0.1) is 0 Å². The number of carbonyl (C=O) groups excluding carboxylic acids is 1. The molecule has 0 saturated heterocycles. The molecule has 26 heavy (non-hydrogen) atoms. The van der Waals surface area contributed by atoms with Crippen LogP contribution >= 0.6 is 0 Å². The van der Waals surface area contributed by atoms with Crippen molar-refractivity contribution in [3.8, 4) is 11.5 Å². The van der Waals surface area contributed by atoms with Crippen LogP contribution in [0.1, 0.15) is 11.1 Å². The fraction of sp³-hybridized carbons (Fsp3) is 0.143. The second kappa shape index (κ2) is 9.22. The zero-order valence-electron chi connectivity index (χ0n) is 14.3. The molecule has 0 saturated carbocycles. The lowest BCUT2D eigenvalue weighted by molar-refractivity contribution is -0.123. The highest BCUT2D eigenvalue weighted by Gasteiger charge is 2.03. The molecular formula is C21H20N2O3. The summed E-state index contributed by atoms with van der Waals surface area (Å²) in [5, 5.41) is 2.79. The number of carbonyl (C=O) groups is 1. The summed E-state index contributed by atoms with van der Waals surface area (Å²) in [4.78, 5) is 15.8. The van der Waals surface area contributed by atoms with Crippen molar-refractivity contribution in [2.45, 2.75) is 13.2 Å². The molecule has 0 aliphatic heterocycles. The lowest BCUT2D eigenvalue weighted by atomic mass is 10.2. The van der Waals surface area contributed by atoms with Crippen molar-refractivity contribution < 1.29 is 14.3 Å². The van der Waals surface area contributed by atoms with Crippen molar-refractivity contribution in [3.05, 3.63) is 90.3 Å². The fourth-order valence-corrected chi connectivity index (χ4v) is 2.28. The Hall–Kier alpha value is -3.34. The average molecular weight is 348 g/mol. The summed E-state index contributed by atoms with van der Waals surface area (Å²) < 4.78 is 11.2. The number of nitrogens with one attached hydrogen (secondary N) is 1. The summed E-state index contributed by atoms with van der Waals surface area (Å²) >= 11 is 0. The van der Waals surface area contributed by atoms with Crippen LogP contribution in [0.25, 0.3) is 0 Å². The van der Waals surface area contributed by atoms with Crippen molar-refractivity contribution in [2.75, 3.05) is 6.61 Å². The topological polar surface area (TPSA) is 60.5 Å². The Labute approximate surface area is 152 Å². The molecule has 3 rings (SSSR count). The zero-order valence-corrected chi connectivity index (χ0v) is 14.3. The minimum absolute atomic E-state index is 0.0372. The second-order valence-electron chi connectivity index (χ2n) is 5.67. The maximum atomic E-state index is 11.8. The smallest absolute Gasteiger partial charge is 0.258 e. The van der Waals surface area contributed by atoms with E-state index < -0.39 is 0 Å². The van der Waals surface area contributed by atoms with Crippen molar-refractivity contribution in [1.29, 1.82) is 0 Å². The van der Waals surface area contributed by atoms with Gasteiger partial charge in [-0.15, -0.1) is 0 Å². The molecule has 5 nitrogen and oxygen atoms in total. The van der Waals surface area contributed by atoms with Gasteiger partial charge >= 0.3 is 0 Å². The summed E-state index contributed by atoms with van der Waals surface area (Å²) in [6, 6.07) is 20.9. The number of benzene rings is 2. The first-order valence-corrected chi connectivity index (χ1v) is 8.35.